The molecule has 4 heteroatoms. The largest absolute Gasteiger partial charge is 0.491 e. The third-order valence-corrected chi connectivity index (χ3v) is 2.64. The molecule has 0 radical (unpaired) electrons. The summed E-state index contributed by atoms with van der Waals surface area (Å²) in [6, 6.07) is 5.18. The Bertz CT molecular complexity index is 516. The molecular formula is C12H11ClFNO. The van der Waals surface area contributed by atoms with Gasteiger partial charge in [-0.2, -0.15) is 0 Å². The van der Waals surface area contributed by atoms with Crippen LogP contribution in [-0.4, -0.2) is 18.0 Å². The molecule has 16 heavy (non-hydrogen) atoms. The van der Waals surface area contributed by atoms with E-state index >= 15 is 0 Å². The van der Waals surface area contributed by atoms with Crippen LogP contribution in [0, 0.1) is 5.82 Å². The number of hydrogen-bond acceptors (Lipinski definition) is 2. The summed E-state index contributed by atoms with van der Waals surface area (Å²) >= 11 is 5.69. The SMILES string of the molecule is COc1c(F)cc(CCCl)c2cccnc12. The van der Waals surface area contributed by atoms with Gasteiger partial charge >= 0.3 is 0 Å². The molecule has 0 N–H and O–H groups in total. The van der Waals surface area contributed by atoms with E-state index in [9.17, 15) is 4.39 Å². The zero-order chi connectivity index (χ0) is 11.5. The van der Waals surface area contributed by atoms with Gasteiger partial charge in [0.05, 0.1) is 7.11 Å². The fourth-order valence-electron chi connectivity index (χ4n) is 1.76. The number of aryl methyl sites for hydroxylation is 1. The summed E-state index contributed by atoms with van der Waals surface area (Å²) in [7, 11) is 1.44. The summed E-state index contributed by atoms with van der Waals surface area (Å²) in [6.45, 7) is 0. The van der Waals surface area contributed by atoms with Crippen molar-refractivity contribution in [2.24, 2.45) is 0 Å². The van der Waals surface area contributed by atoms with Crippen molar-refractivity contribution in [3.05, 3.63) is 35.8 Å². The van der Waals surface area contributed by atoms with Crippen molar-refractivity contribution in [3.8, 4) is 5.75 Å². The maximum absolute atomic E-state index is 13.7. The summed E-state index contributed by atoms with van der Waals surface area (Å²) in [5.74, 6) is 0.248. The number of pyridine rings is 1. The average molecular weight is 240 g/mol. The Balaban J connectivity index is 2.75. The Hall–Kier alpha value is -1.35. The van der Waals surface area contributed by atoms with Gasteiger partial charge in [0.2, 0.25) is 0 Å². The monoisotopic (exact) mass is 239 g/mol. The molecule has 2 nitrogen and oxygen atoms in total. The van der Waals surface area contributed by atoms with Crippen molar-refractivity contribution in [2.45, 2.75) is 6.42 Å². The zero-order valence-corrected chi connectivity index (χ0v) is 9.59. The van der Waals surface area contributed by atoms with E-state index in [0.29, 0.717) is 17.8 Å². The second-order valence-corrected chi connectivity index (χ2v) is 3.77. The number of ether oxygens (including phenoxy) is 1. The number of hydrogen-bond donors (Lipinski definition) is 0. The number of methoxy groups -OCH3 is 1. The van der Waals surface area contributed by atoms with Gasteiger partial charge < -0.3 is 4.74 Å². The molecule has 1 heterocycles. The van der Waals surface area contributed by atoms with Crippen LogP contribution in [-0.2, 0) is 6.42 Å². The lowest BCUT2D eigenvalue weighted by Gasteiger charge is -2.09. The minimum absolute atomic E-state index is 0.189. The van der Waals surface area contributed by atoms with E-state index in [-0.39, 0.29) is 5.75 Å². The fraction of sp³-hybridized carbons (Fsp3) is 0.250. The molecule has 0 unspecified atom stereocenters. The highest BCUT2D eigenvalue weighted by molar-refractivity contribution is 6.18. The maximum atomic E-state index is 13.7. The summed E-state index contributed by atoms with van der Waals surface area (Å²) in [5.41, 5.74) is 1.40. The normalized spacial score (nSPS) is 10.7. The molecule has 2 rings (SSSR count). The predicted octanol–water partition coefficient (Wildman–Crippen LogP) is 3.16. The molecule has 0 bridgehead atoms. The molecular weight excluding hydrogens is 229 g/mol. The van der Waals surface area contributed by atoms with Crippen molar-refractivity contribution < 1.29 is 9.13 Å². The van der Waals surface area contributed by atoms with Crippen LogP contribution in [0.2, 0.25) is 0 Å². The predicted molar refractivity (Wildman–Crippen MR) is 62.7 cm³/mol. The minimum Gasteiger partial charge on any atom is -0.491 e. The maximum Gasteiger partial charge on any atom is 0.180 e. The van der Waals surface area contributed by atoms with Crippen LogP contribution >= 0.6 is 11.6 Å². The van der Waals surface area contributed by atoms with Crippen molar-refractivity contribution in [1.82, 2.24) is 4.98 Å². The Morgan fingerprint density at radius 1 is 1.50 bits per heavy atom. The van der Waals surface area contributed by atoms with Gasteiger partial charge in [0.15, 0.2) is 11.6 Å². The Kier molecular flexibility index (Phi) is 3.25. The number of halogens is 2. The number of nitrogens with zero attached hydrogens (tertiary/aromatic N) is 1. The van der Waals surface area contributed by atoms with E-state index in [2.05, 4.69) is 4.98 Å². The molecule has 0 saturated carbocycles. The van der Waals surface area contributed by atoms with E-state index < -0.39 is 5.82 Å². The van der Waals surface area contributed by atoms with E-state index in [1.54, 1.807) is 6.20 Å². The van der Waals surface area contributed by atoms with Crippen molar-refractivity contribution in [2.75, 3.05) is 13.0 Å². The highest BCUT2D eigenvalue weighted by Gasteiger charge is 2.12. The van der Waals surface area contributed by atoms with Gasteiger partial charge in [-0.3, -0.25) is 4.98 Å². The lowest BCUT2D eigenvalue weighted by molar-refractivity contribution is 0.390. The second-order valence-electron chi connectivity index (χ2n) is 3.39. The molecule has 0 amide bonds. The first-order chi connectivity index (χ1) is 7.77. The van der Waals surface area contributed by atoms with Gasteiger partial charge in [-0.25, -0.2) is 4.39 Å². The topological polar surface area (TPSA) is 22.1 Å². The first kappa shape index (κ1) is 11.1. The number of aromatic nitrogens is 1. The standard InChI is InChI=1S/C12H11ClFNO/c1-16-12-10(14)7-8(4-5-13)9-3-2-6-15-11(9)12/h2-3,6-7H,4-5H2,1H3. The number of rotatable bonds is 3. The van der Waals surface area contributed by atoms with Crippen molar-refractivity contribution >= 4 is 22.5 Å². The summed E-state index contributed by atoms with van der Waals surface area (Å²) in [5, 5.41) is 0.890. The highest BCUT2D eigenvalue weighted by Crippen LogP contribution is 2.30. The number of benzene rings is 1. The quantitative estimate of drug-likeness (QED) is 0.768. The highest BCUT2D eigenvalue weighted by atomic mass is 35.5. The molecule has 1 aromatic heterocycles. The van der Waals surface area contributed by atoms with Gasteiger partial charge in [-0.05, 0) is 24.1 Å². The molecule has 2 aromatic rings. The smallest absolute Gasteiger partial charge is 0.180 e. The van der Waals surface area contributed by atoms with Gasteiger partial charge in [-0.1, -0.05) is 6.07 Å². The average Bonchev–Trinajstić information content (AvgIpc) is 2.30. The Morgan fingerprint density at radius 2 is 2.31 bits per heavy atom. The first-order valence-corrected chi connectivity index (χ1v) is 5.47. The van der Waals surface area contributed by atoms with Crippen LogP contribution in [0.25, 0.3) is 10.9 Å². The van der Waals surface area contributed by atoms with Gasteiger partial charge in [0, 0.05) is 17.5 Å². The molecule has 0 aliphatic heterocycles. The molecule has 84 valence electrons. The lowest BCUT2D eigenvalue weighted by atomic mass is 10.1. The third-order valence-electron chi connectivity index (χ3n) is 2.45. The minimum atomic E-state index is -0.395. The first-order valence-electron chi connectivity index (χ1n) is 4.94. The second kappa shape index (κ2) is 4.66. The van der Waals surface area contributed by atoms with E-state index in [0.717, 1.165) is 10.9 Å². The van der Waals surface area contributed by atoms with E-state index in [1.165, 1.54) is 13.2 Å². The fourth-order valence-corrected chi connectivity index (χ4v) is 1.96. The molecule has 0 fully saturated rings. The molecule has 0 aliphatic rings. The van der Waals surface area contributed by atoms with Crippen LogP contribution in [0.5, 0.6) is 5.75 Å². The summed E-state index contributed by atoms with van der Waals surface area (Å²) in [6.07, 6.45) is 2.24. The Labute approximate surface area is 98.0 Å². The third kappa shape index (κ3) is 1.83. The molecule has 0 saturated heterocycles. The number of fused-ring (bicyclic) bond motifs is 1. The van der Waals surface area contributed by atoms with Gasteiger partial charge in [-0.15, -0.1) is 11.6 Å². The zero-order valence-electron chi connectivity index (χ0n) is 8.84. The summed E-state index contributed by atoms with van der Waals surface area (Å²) in [4.78, 5) is 4.15. The lowest BCUT2D eigenvalue weighted by Crippen LogP contribution is -1.97. The molecule has 0 aliphatic carbocycles. The molecule has 0 spiro atoms. The Morgan fingerprint density at radius 3 is 3.00 bits per heavy atom. The van der Waals surface area contributed by atoms with Crippen molar-refractivity contribution in [3.63, 3.8) is 0 Å². The van der Waals surface area contributed by atoms with Gasteiger partial charge in [0.1, 0.15) is 5.52 Å². The van der Waals surface area contributed by atoms with Crippen LogP contribution in [0.4, 0.5) is 4.39 Å². The number of alkyl halides is 1. The van der Waals surface area contributed by atoms with Crippen LogP contribution in [0.1, 0.15) is 5.56 Å². The van der Waals surface area contributed by atoms with Crippen LogP contribution < -0.4 is 4.74 Å². The van der Waals surface area contributed by atoms with E-state index in [4.69, 9.17) is 16.3 Å². The van der Waals surface area contributed by atoms with Crippen molar-refractivity contribution in [1.29, 1.82) is 0 Å². The van der Waals surface area contributed by atoms with E-state index in [1.807, 2.05) is 12.1 Å². The van der Waals surface area contributed by atoms with Crippen LogP contribution in [0.15, 0.2) is 24.4 Å². The summed E-state index contributed by atoms with van der Waals surface area (Å²) < 4.78 is 18.7. The van der Waals surface area contributed by atoms with Gasteiger partial charge in [0.25, 0.3) is 0 Å². The molecule has 1 aromatic carbocycles. The van der Waals surface area contributed by atoms with Crippen LogP contribution in [0.3, 0.4) is 0 Å². The molecule has 0 atom stereocenters.